The van der Waals surface area contributed by atoms with Gasteiger partial charge in [0.05, 0.1) is 18.6 Å². The predicted octanol–water partition coefficient (Wildman–Crippen LogP) is 1.80. The average molecular weight is 243 g/mol. The molecule has 0 aliphatic heterocycles. The maximum Gasteiger partial charge on any atom is 0.509 e. The first-order valence-electron chi connectivity index (χ1n) is 5.38. The number of carboxylic acids is 1. The summed E-state index contributed by atoms with van der Waals surface area (Å²) in [7, 11) is 0. The number of nitriles is 1. The van der Waals surface area contributed by atoms with Crippen molar-refractivity contribution in [2.75, 3.05) is 6.61 Å². The normalized spacial score (nSPS) is 13.6. The standard InChI is InChI=1S/C11H17NO5/c1-4-16-11(15)17-9(10(13)14)8(6-12)5-7(2)3/h7-9H,4-5H2,1-3H3,(H,13,14)/t8-,9?/m1/s1. The van der Waals surface area contributed by atoms with E-state index >= 15 is 0 Å². The third kappa shape index (κ3) is 5.76. The molecule has 0 aromatic rings. The van der Waals surface area contributed by atoms with Crippen LogP contribution in [0.3, 0.4) is 0 Å². The van der Waals surface area contributed by atoms with E-state index in [1.807, 2.05) is 19.9 Å². The fraction of sp³-hybridized carbons (Fsp3) is 0.727. The van der Waals surface area contributed by atoms with Crippen LogP contribution in [0.5, 0.6) is 0 Å². The van der Waals surface area contributed by atoms with Gasteiger partial charge in [0.25, 0.3) is 0 Å². The molecule has 0 bridgehead atoms. The highest BCUT2D eigenvalue weighted by atomic mass is 16.7. The Kier molecular flexibility index (Phi) is 6.71. The number of carbonyl (C=O) groups is 2. The van der Waals surface area contributed by atoms with Gasteiger partial charge in [-0.3, -0.25) is 0 Å². The van der Waals surface area contributed by atoms with Crippen LogP contribution in [-0.2, 0) is 14.3 Å². The Labute approximate surface area is 100 Å². The van der Waals surface area contributed by atoms with Crippen LogP contribution in [0.1, 0.15) is 27.2 Å². The van der Waals surface area contributed by atoms with Crippen molar-refractivity contribution in [2.45, 2.75) is 33.3 Å². The molecular weight excluding hydrogens is 226 g/mol. The molecule has 6 nitrogen and oxygen atoms in total. The summed E-state index contributed by atoms with van der Waals surface area (Å²) in [6.45, 7) is 5.38. The van der Waals surface area contributed by atoms with Gasteiger partial charge in [-0.2, -0.15) is 5.26 Å². The van der Waals surface area contributed by atoms with Crippen molar-refractivity contribution in [1.82, 2.24) is 0 Å². The highest BCUT2D eigenvalue weighted by Gasteiger charge is 2.33. The Hall–Kier alpha value is -1.77. The quantitative estimate of drug-likeness (QED) is 0.714. The summed E-state index contributed by atoms with van der Waals surface area (Å²) in [5.41, 5.74) is 0. The zero-order chi connectivity index (χ0) is 13.4. The SMILES string of the molecule is CCOC(=O)OC(C(=O)O)[C@@H](C#N)CC(C)C. The van der Waals surface area contributed by atoms with E-state index in [1.165, 1.54) is 0 Å². The molecule has 0 radical (unpaired) electrons. The number of ether oxygens (including phenoxy) is 2. The maximum absolute atomic E-state index is 11.0. The first-order valence-corrected chi connectivity index (χ1v) is 5.38. The largest absolute Gasteiger partial charge is 0.509 e. The van der Waals surface area contributed by atoms with Crippen molar-refractivity contribution in [3.05, 3.63) is 0 Å². The minimum absolute atomic E-state index is 0.0899. The van der Waals surface area contributed by atoms with Crippen LogP contribution in [0.4, 0.5) is 4.79 Å². The van der Waals surface area contributed by atoms with Gasteiger partial charge >= 0.3 is 12.1 Å². The molecule has 1 unspecified atom stereocenters. The second-order valence-corrected chi connectivity index (χ2v) is 3.92. The van der Waals surface area contributed by atoms with Gasteiger partial charge in [-0.25, -0.2) is 9.59 Å². The molecule has 2 atom stereocenters. The molecule has 0 spiro atoms. The van der Waals surface area contributed by atoms with E-state index in [4.69, 9.17) is 10.4 Å². The molecule has 96 valence electrons. The van der Waals surface area contributed by atoms with Crippen molar-refractivity contribution in [1.29, 1.82) is 5.26 Å². The summed E-state index contributed by atoms with van der Waals surface area (Å²) in [5, 5.41) is 17.8. The minimum atomic E-state index is -1.48. The van der Waals surface area contributed by atoms with E-state index in [1.54, 1.807) is 6.92 Å². The predicted molar refractivity (Wildman–Crippen MR) is 58.1 cm³/mol. The van der Waals surface area contributed by atoms with Crippen LogP contribution in [0.2, 0.25) is 0 Å². The van der Waals surface area contributed by atoms with Gasteiger partial charge in [0.1, 0.15) is 0 Å². The summed E-state index contributed by atoms with van der Waals surface area (Å²) in [6.07, 6.45) is -2.21. The van der Waals surface area contributed by atoms with E-state index in [0.29, 0.717) is 6.42 Å². The van der Waals surface area contributed by atoms with Gasteiger partial charge < -0.3 is 14.6 Å². The fourth-order valence-electron chi connectivity index (χ4n) is 1.31. The highest BCUT2D eigenvalue weighted by molar-refractivity contribution is 5.76. The Morgan fingerprint density at radius 1 is 1.41 bits per heavy atom. The third-order valence-corrected chi connectivity index (χ3v) is 1.99. The van der Waals surface area contributed by atoms with Crippen molar-refractivity contribution in [2.24, 2.45) is 11.8 Å². The zero-order valence-electron chi connectivity index (χ0n) is 10.2. The Balaban J connectivity index is 4.65. The van der Waals surface area contributed by atoms with Crippen molar-refractivity contribution >= 4 is 12.1 Å². The highest BCUT2D eigenvalue weighted by Crippen LogP contribution is 2.18. The summed E-state index contributed by atoms with van der Waals surface area (Å²) in [5.74, 6) is -2.09. The molecule has 1 N–H and O–H groups in total. The lowest BCUT2D eigenvalue weighted by molar-refractivity contribution is -0.150. The van der Waals surface area contributed by atoms with Gasteiger partial charge in [-0.1, -0.05) is 13.8 Å². The Morgan fingerprint density at radius 3 is 2.35 bits per heavy atom. The molecule has 0 heterocycles. The summed E-state index contributed by atoms with van der Waals surface area (Å²) >= 11 is 0. The summed E-state index contributed by atoms with van der Waals surface area (Å²) in [6, 6.07) is 1.85. The number of hydrogen-bond acceptors (Lipinski definition) is 5. The lowest BCUT2D eigenvalue weighted by atomic mass is 9.93. The molecule has 0 aliphatic rings. The van der Waals surface area contributed by atoms with Crippen LogP contribution >= 0.6 is 0 Å². The molecule has 0 fully saturated rings. The Morgan fingerprint density at radius 2 is 2.00 bits per heavy atom. The van der Waals surface area contributed by atoms with Crippen LogP contribution in [-0.4, -0.2) is 29.9 Å². The number of aliphatic carboxylic acids is 1. The van der Waals surface area contributed by atoms with Gasteiger partial charge in [0.15, 0.2) is 0 Å². The minimum Gasteiger partial charge on any atom is -0.478 e. The number of carbonyl (C=O) groups excluding carboxylic acids is 1. The summed E-state index contributed by atoms with van der Waals surface area (Å²) in [4.78, 5) is 22.0. The van der Waals surface area contributed by atoms with E-state index in [9.17, 15) is 9.59 Å². The van der Waals surface area contributed by atoms with Gasteiger partial charge in [-0.05, 0) is 19.3 Å². The molecule has 17 heavy (non-hydrogen) atoms. The van der Waals surface area contributed by atoms with Crippen molar-refractivity contribution in [3.8, 4) is 6.07 Å². The second-order valence-electron chi connectivity index (χ2n) is 3.92. The summed E-state index contributed by atoms with van der Waals surface area (Å²) < 4.78 is 9.11. The second kappa shape index (κ2) is 7.49. The van der Waals surface area contributed by atoms with Crippen LogP contribution in [0.15, 0.2) is 0 Å². The van der Waals surface area contributed by atoms with Crippen LogP contribution < -0.4 is 0 Å². The number of hydrogen-bond donors (Lipinski definition) is 1. The molecular formula is C11H17NO5. The molecule has 0 aromatic carbocycles. The Bertz CT molecular complexity index is 307. The monoisotopic (exact) mass is 243 g/mol. The smallest absolute Gasteiger partial charge is 0.478 e. The van der Waals surface area contributed by atoms with Gasteiger partial charge in [0.2, 0.25) is 6.10 Å². The lowest BCUT2D eigenvalue weighted by Gasteiger charge is -2.19. The number of nitrogens with zero attached hydrogens (tertiary/aromatic N) is 1. The van der Waals surface area contributed by atoms with Gasteiger partial charge in [0, 0.05) is 0 Å². The average Bonchev–Trinajstić information content (AvgIpc) is 2.22. The first kappa shape index (κ1) is 15.2. The van der Waals surface area contributed by atoms with E-state index in [-0.39, 0.29) is 12.5 Å². The topological polar surface area (TPSA) is 96.6 Å². The molecule has 0 saturated heterocycles. The molecule has 0 rings (SSSR count). The lowest BCUT2D eigenvalue weighted by Crippen LogP contribution is -2.34. The van der Waals surface area contributed by atoms with E-state index < -0.39 is 24.1 Å². The maximum atomic E-state index is 11.0. The van der Waals surface area contributed by atoms with Crippen LogP contribution in [0, 0.1) is 23.2 Å². The fourth-order valence-corrected chi connectivity index (χ4v) is 1.31. The molecule has 0 aliphatic carbocycles. The number of rotatable bonds is 6. The molecule has 6 heteroatoms. The number of carboxylic acid groups (broad SMARTS) is 1. The zero-order valence-corrected chi connectivity index (χ0v) is 10.2. The van der Waals surface area contributed by atoms with Crippen molar-refractivity contribution < 1.29 is 24.2 Å². The molecule has 0 aromatic heterocycles. The van der Waals surface area contributed by atoms with E-state index in [0.717, 1.165) is 0 Å². The third-order valence-electron chi connectivity index (χ3n) is 1.99. The molecule has 0 amide bonds. The first-order chi connectivity index (χ1) is 7.92. The van der Waals surface area contributed by atoms with Gasteiger partial charge in [-0.15, -0.1) is 0 Å². The van der Waals surface area contributed by atoms with E-state index in [2.05, 4.69) is 9.47 Å². The van der Waals surface area contributed by atoms with Crippen molar-refractivity contribution in [3.63, 3.8) is 0 Å². The molecule has 0 saturated carbocycles. The van der Waals surface area contributed by atoms with Crippen LogP contribution in [0.25, 0.3) is 0 Å².